The Balaban J connectivity index is 1.59. The first kappa shape index (κ1) is 19.7. The number of allylic oxidation sites excluding steroid dienone is 1. The molecule has 4 aliphatic rings. The van der Waals surface area contributed by atoms with E-state index >= 15 is 0 Å². The van der Waals surface area contributed by atoms with E-state index in [2.05, 4.69) is 20.0 Å². The molecule has 31 heavy (non-hydrogen) atoms. The predicted molar refractivity (Wildman–Crippen MR) is 102 cm³/mol. The molecule has 12 heteroatoms. The second kappa shape index (κ2) is 6.87. The first-order valence-electron chi connectivity index (χ1n) is 9.39. The molecule has 164 valence electrons. The second-order valence-electron chi connectivity index (χ2n) is 7.14. The highest BCUT2D eigenvalue weighted by Gasteiger charge is 2.56. The lowest BCUT2D eigenvalue weighted by molar-refractivity contribution is -0.274. The lowest BCUT2D eigenvalue weighted by Gasteiger charge is -2.60. The van der Waals surface area contributed by atoms with Crippen molar-refractivity contribution in [3.8, 4) is 5.75 Å². The van der Waals surface area contributed by atoms with Crippen molar-refractivity contribution in [1.29, 1.82) is 0 Å². The maximum absolute atomic E-state index is 13.8. The van der Waals surface area contributed by atoms with Crippen LogP contribution in [0.1, 0.15) is 6.42 Å². The van der Waals surface area contributed by atoms with Gasteiger partial charge in [0, 0.05) is 24.8 Å². The fourth-order valence-electron chi connectivity index (χ4n) is 4.06. The number of methoxy groups -OCH3 is 1. The van der Waals surface area contributed by atoms with E-state index in [4.69, 9.17) is 9.47 Å². The number of halogens is 4. The zero-order valence-corrected chi connectivity index (χ0v) is 16.2. The Morgan fingerprint density at radius 2 is 2.16 bits per heavy atom. The molecule has 8 nitrogen and oxygen atoms in total. The van der Waals surface area contributed by atoms with E-state index in [-0.39, 0.29) is 18.8 Å². The summed E-state index contributed by atoms with van der Waals surface area (Å²) in [6.07, 6.45) is 0.0127. The molecule has 1 aromatic carbocycles. The molecule has 4 aliphatic heterocycles. The largest absolute Gasteiger partial charge is 0.573 e. The number of aliphatic imine (C=N–C) groups is 2. The molecule has 0 aromatic heterocycles. The zero-order valence-electron chi connectivity index (χ0n) is 16.2. The number of hydrogen-bond acceptors (Lipinski definition) is 8. The van der Waals surface area contributed by atoms with Crippen LogP contribution in [-0.4, -0.2) is 55.9 Å². The van der Waals surface area contributed by atoms with E-state index in [1.807, 2.05) is 4.90 Å². The van der Waals surface area contributed by atoms with Crippen LogP contribution in [0.4, 0.5) is 23.2 Å². The number of fused-ring (bicyclic) bond motifs is 3. The Kier molecular flexibility index (Phi) is 4.36. The van der Waals surface area contributed by atoms with E-state index in [9.17, 15) is 17.6 Å². The first-order chi connectivity index (χ1) is 14.8. The van der Waals surface area contributed by atoms with Crippen molar-refractivity contribution in [2.24, 2.45) is 9.98 Å². The molecule has 2 atom stereocenters. The molecule has 0 radical (unpaired) electrons. The van der Waals surface area contributed by atoms with Crippen molar-refractivity contribution in [3.05, 3.63) is 47.6 Å². The van der Waals surface area contributed by atoms with Crippen LogP contribution in [0.2, 0.25) is 0 Å². The molecule has 5 rings (SSSR count). The molecule has 2 unspecified atom stereocenters. The van der Waals surface area contributed by atoms with Gasteiger partial charge in [-0.1, -0.05) is 0 Å². The zero-order chi connectivity index (χ0) is 21.8. The number of anilines is 1. The van der Waals surface area contributed by atoms with Gasteiger partial charge in [-0.15, -0.1) is 13.2 Å². The summed E-state index contributed by atoms with van der Waals surface area (Å²) in [5.41, 5.74) is -0.689. The van der Waals surface area contributed by atoms with Crippen LogP contribution in [0.25, 0.3) is 0 Å². The van der Waals surface area contributed by atoms with Crippen molar-refractivity contribution < 1.29 is 31.8 Å². The Morgan fingerprint density at radius 3 is 2.94 bits per heavy atom. The Labute approximate surface area is 174 Å². The van der Waals surface area contributed by atoms with Gasteiger partial charge in [0.1, 0.15) is 18.1 Å². The molecule has 4 heterocycles. The molecule has 0 amide bonds. The molecule has 1 aromatic rings. The van der Waals surface area contributed by atoms with Crippen LogP contribution in [0.5, 0.6) is 5.75 Å². The summed E-state index contributed by atoms with van der Waals surface area (Å²) in [6, 6.07) is 3.06. The van der Waals surface area contributed by atoms with E-state index in [0.717, 1.165) is 6.07 Å². The van der Waals surface area contributed by atoms with E-state index in [1.165, 1.54) is 19.4 Å². The summed E-state index contributed by atoms with van der Waals surface area (Å²) in [5.74, 6) is -0.209. The summed E-state index contributed by atoms with van der Waals surface area (Å²) in [5, 5.41) is 3.32. The van der Waals surface area contributed by atoms with Gasteiger partial charge in [-0.3, -0.25) is 10.2 Å². The summed E-state index contributed by atoms with van der Waals surface area (Å²) < 4.78 is 67.9. The van der Waals surface area contributed by atoms with Gasteiger partial charge < -0.3 is 19.1 Å². The van der Waals surface area contributed by atoms with Gasteiger partial charge in [0.2, 0.25) is 5.88 Å². The smallest absolute Gasteiger partial charge is 0.486 e. The van der Waals surface area contributed by atoms with Crippen molar-refractivity contribution in [2.45, 2.75) is 24.7 Å². The Hall–Kier alpha value is -3.28. The van der Waals surface area contributed by atoms with Gasteiger partial charge >= 0.3 is 6.36 Å². The molecular weight excluding hydrogens is 422 g/mol. The van der Waals surface area contributed by atoms with Crippen molar-refractivity contribution in [1.82, 2.24) is 10.2 Å². The quantitative estimate of drug-likeness (QED) is 0.731. The molecule has 1 fully saturated rings. The topological polar surface area (TPSA) is 70.9 Å². The predicted octanol–water partition coefficient (Wildman–Crippen LogP) is 2.66. The average molecular weight is 439 g/mol. The number of alkyl halides is 3. The van der Waals surface area contributed by atoms with Crippen molar-refractivity contribution in [3.63, 3.8) is 0 Å². The van der Waals surface area contributed by atoms with Gasteiger partial charge in [0.05, 0.1) is 25.6 Å². The third-order valence-corrected chi connectivity index (χ3v) is 5.29. The summed E-state index contributed by atoms with van der Waals surface area (Å²) in [4.78, 5) is 12.1. The first-order valence-corrected chi connectivity index (χ1v) is 9.39. The summed E-state index contributed by atoms with van der Waals surface area (Å²) in [7, 11) is 1.49. The van der Waals surface area contributed by atoms with E-state index < -0.39 is 29.9 Å². The Bertz CT molecular complexity index is 1040. The third kappa shape index (κ3) is 3.26. The van der Waals surface area contributed by atoms with Crippen molar-refractivity contribution in [2.75, 3.05) is 25.2 Å². The van der Waals surface area contributed by atoms with Gasteiger partial charge in [0.15, 0.2) is 23.6 Å². The van der Waals surface area contributed by atoms with Crippen molar-refractivity contribution >= 4 is 18.1 Å². The number of rotatable bonds is 3. The van der Waals surface area contributed by atoms with Gasteiger partial charge in [-0.2, -0.15) is 0 Å². The van der Waals surface area contributed by atoms with Crippen LogP contribution in [0.15, 0.2) is 51.7 Å². The number of nitrogens with one attached hydrogen (secondary N) is 1. The summed E-state index contributed by atoms with van der Waals surface area (Å²) in [6.45, 7) is 0.425. The van der Waals surface area contributed by atoms with Crippen LogP contribution >= 0.6 is 0 Å². The highest BCUT2D eigenvalue weighted by molar-refractivity contribution is 5.81. The average Bonchev–Trinajstić information content (AvgIpc) is 2.71. The fourth-order valence-corrected chi connectivity index (χ4v) is 4.06. The molecular formula is C19H17F4N5O3. The molecule has 0 saturated carbocycles. The molecule has 1 spiro atoms. The maximum atomic E-state index is 13.8. The van der Waals surface area contributed by atoms with Crippen LogP contribution < -0.4 is 15.0 Å². The van der Waals surface area contributed by atoms with Crippen LogP contribution in [0.3, 0.4) is 0 Å². The van der Waals surface area contributed by atoms with Gasteiger partial charge in [0.25, 0.3) is 0 Å². The SMILES string of the molecule is COC1=CC2(CC=N1)NC1N=CC3=C(N(c4ccc(F)cc4OC(F)(F)F)CCO3)N12. The van der Waals surface area contributed by atoms with E-state index in [1.54, 1.807) is 17.2 Å². The molecule has 1 N–H and O–H groups in total. The highest BCUT2D eigenvalue weighted by Crippen LogP contribution is 2.45. The minimum Gasteiger partial charge on any atom is -0.486 e. The maximum Gasteiger partial charge on any atom is 0.573 e. The summed E-state index contributed by atoms with van der Waals surface area (Å²) >= 11 is 0. The molecule has 1 saturated heterocycles. The number of ether oxygens (including phenoxy) is 3. The minimum absolute atomic E-state index is 0.0612. The second-order valence-corrected chi connectivity index (χ2v) is 7.14. The monoisotopic (exact) mass is 439 g/mol. The number of nitrogens with zero attached hydrogens (tertiary/aromatic N) is 4. The van der Waals surface area contributed by atoms with Crippen LogP contribution in [-0.2, 0) is 9.47 Å². The van der Waals surface area contributed by atoms with Gasteiger partial charge in [-0.05, 0) is 12.1 Å². The third-order valence-electron chi connectivity index (χ3n) is 5.29. The minimum atomic E-state index is -4.97. The lowest BCUT2D eigenvalue weighted by atomic mass is 9.95. The highest BCUT2D eigenvalue weighted by atomic mass is 19.4. The number of hydrogen-bond donors (Lipinski definition) is 1. The van der Waals surface area contributed by atoms with Gasteiger partial charge in [-0.25, -0.2) is 14.4 Å². The fraction of sp³-hybridized carbons (Fsp3) is 0.368. The molecule has 0 bridgehead atoms. The van der Waals surface area contributed by atoms with E-state index in [0.29, 0.717) is 30.0 Å². The lowest BCUT2D eigenvalue weighted by Crippen LogP contribution is -2.79. The normalized spacial score (nSPS) is 26.7. The standard InChI is InChI=1S/C19H17F4N5O3/c1-29-15-9-18(4-5-24-15)26-17-25-10-14-16(28(17)18)27(6-7-30-14)12-3-2-11(20)8-13(12)31-19(21,22)23/h2-3,5,8-10,17,26H,4,6-7H2,1H3. The van der Waals surface area contributed by atoms with Crippen LogP contribution in [0, 0.1) is 5.82 Å². The Morgan fingerprint density at radius 1 is 1.32 bits per heavy atom. The number of benzene rings is 1. The molecule has 0 aliphatic carbocycles.